The molecule has 8 rings (SSSR count). The van der Waals surface area contributed by atoms with Crippen molar-refractivity contribution >= 4 is 29.1 Å². The van der Waals surface area contributed by atoms with Gasteiger partial charge in [0.1, 0.15) is 12.1 Å². The van der Waals surface area contributed by atoms with Gasteiger partial charge in [0.15, 0.2) is 17.9 Å². The highest BCUT2D eigenvalue weighted by Crippen LogP contribution is 2.41. The van der Waals surface area contributed by atoms with Gasteiger partial charge in [0.25, 0.3) is 5.91 Å². The van der Waals surface area contributed by atoms with E-state index in [9.17, 15) is 4.79 Å². The van der Waals surface area contributed by atoms with Crippen molar-refractivity contribution in [1.82, 2.24) is 15.2 Å². The number of amides is 1. The van der Waals surface area contributed by atoms with E-state index in [2.05, 4.69) is 130 Å². The summed E-state index contributed by atoms with van der Waals surface area (Å²) in [6.07, 6.45) is 2.66. The average Bonchev–Trinajstić information content (AvgIpc) is 3.66. The van der Waals surface area contributed by atoms with Gasteiger partial charge in [-0.05, 0) is 57.6 Å². The van der Waals surface area contributed by atoms with E-state index in [0.29, 0.717) is 28.6 Å². The third kappa shape index (κ3) is 8.64. The van der Waals surface area contributed by atoms with Gasteiger partial charge in [0.05, 0.1) is 5.21 Å². The third-order valence-corrected chi connectivity index (χ3v) is 10.6. The molecule has 1 heterocycles. The van der Waals surface area contributed by atoms with E-state index in [-0.39, 0.29) is 22.9 Å². The maximum absolute atomic E-state index is 14.8. The van der Waals surface area contributed by atoms with Gasteiger partial charge in [0, 0.05) is 27.6 Å². The molecule has 0 bridgehead atoms. The molecule has 0 fully saturated rings. The fourth-order valence-corrected chi connectivity index (χ4v) is 8.13. The van der Waals surface area contributed by atoms with Crippen molar-refractivity contribution in [3.8, 4) is 22.4 Å². The molecule has 57 heavy (non-hydrogen) atoms. The van der Waals surface area contributed by atoms with E-state index in [4.69, 9.17) is 28.4 Å². The lowest BCUT2D eigenvalue weighted by molar-refractivity contribution is -0.785. The molecule has 1 aromatic heterocycles. The van der Waals surface area contributed by atoms with Crippen LogP contribution in [0.5, 0.6) is 0 Å². The highest BCUT2D eigenvalue weighted by Gasteiger charge is 2.49. The van der Waals surface area contributed by atoms with E-state index in [1.54, 1.807) is 18.2 Å². The van der Waals surface area contributed by atoms with Crippen LogP contribution in [0.15, 0.2) is 200 Å². The van der Waals surface area contributed by atoms with Crippen LogP contribution in [-0.2, 0) is 18.5 Å². The van der Waals surface area contributed by atoms with Gasteiger partial charge in [-0.3, -0.25) is 4.79 Å². The molecule has 0 spiro atoms. The SMILES string of the molecule is O=C(NC(c1ccccc1)(c1ccccc1)[C@H](Cc1ccccc1)[n+]1cc(-c2ccccc2-c2ccccc2)n(Cc2ccccc2)n1)c1cc(Cl)cc(Cl)c1.[Br-]. The molecule has 8 aromatic rings. The van der Waals surface area contributed by atoms with Gasteiger partial charge >= 0.3 is 0 Å². The Morgan fingerprint density at radius 1 is 0.614 bits per heavy atom. The number of carbonyl (C=O) groups excluding carboxylic acids is 1. The van der Waals surface area contributed by atoms with Crippen LogP contribution in [0.3, 0.4) is 0 Å². The Bertz CT molecular complexity index is 2490. The van der Waals surface area contributed by atoms with E-state index in [1.165, 1.54) is 0 Å². The summed E-state index contributed by atoms with van der Waals surface area (Å²) in [6.45, 7) is 0.529. The molecule has 0 aliphatic heterocycles. The number of hydrogen-bond donors (Lipinski definition) is 1. The van der Waals surface area contributed by atoms with Crippen molar-refractivity contribution in [1.29, 1.82) is 0 Å². The maximum atomic E-state index is 14.8. The molecule has 1 amide bonds. The zero-order chi connectivity index (χ0) is 38.3. The smallest absolute Gasteiger partial charge is 0.252 e. The summed E-state index contributed by atoms with van der Waals surface area (Å²) >= 11 is 13.0. The summed E-state index contributed by atoms with van der Waals surface area (Å²) in [5.41, 5.74) is 7.38. The Labute approximate surface area is 353 Å². The largest absolute Gasteiger partial charge is 1.00 e. The highest BCUT2D eigenvalue weighted by molar-refractivity contribution is 6.35. The number of rotatable bonds is 12. The molecule has 282 valence electrons. The summed E-state index contributed by atoms with van der Waals surface area (Å²) < 4.78 is 4.13. The van der Waals surface area contributed by atoms with E-state index in [1.807, 2.05) is 66.7 Å². The van der Waals surface area contributed by atoms with Gasteiger partial charge < -0.3 is 22.3 Å². The van der Waals surface area contributed by atoms with Crippen LogP contribution in [0.2, 0.25) is 10.0 Å². The number of nitrogens with zero attached hydrogens (tertiary/aromatic N) is 3. The molecule has 1 N–H and O–H groups in total. The first-order chi connectivity index (χ1) is 27.5. The predicted molar refractivity (Wildman–Crippen MR) is 226 cm³/mol. The number of halogens is 3. The van der Waals surface area contributed by atoms with Crippen LogP contribution in [0.1, 0.15) is 38.7 Å². The first-order valence-electron chi connectivity index (χ1n) is 18.6. The molecular formula is C49H39BrCl2N4O. The number of carbonyl (C=O) groups is 1. The number of benzene rings is 7. The highest BCUT2D eigenvalue weighted by atomic mass is 79.9. The normalized spacial score (nSPS) is 11.7. The van der Waals surface area contributed by atoms with Gasteiger partial charge in [0.2, 0.25) is 0 Å². The lowest BCUT2D eigenvalue weighted by Crippen LogP contribution is -3.00. The second kappa shape index (κ2) is 18.0. The molecule has 8 heteroatoms. The topological polar surface area (TPSA) is 50.8 Å². The van der Waals surface area contributed by atoms with Crippen LogP contribution < -0.4 is 27.0 Å². The first kappa shape index (κ1) is 39.4. The van der Waals surface area contributed by atoms with Crippen molar-refractivity contribution in [2.45, 2.75) is 24.5 Å². The van der Waals surface area contributed by atoms with Crippen LogP contribution in [0.25, 0.3) is 22.4 Å². The van der Waals surface area contributed by atoms with Crippen molar-refractivity contribution < 1.29 is 26.5 Å². The zero-order valence-corrected chi connectivity index (χ0v) is 34.0. The Morgan fingerprint density at radius 3 is 1.65 bits per heavy atom. The van der Waals surface area contributed by atoms with Crippen LogP contribution in [0, 0.1) is 0 Å². The van der Waals surface area contributed by atoms with Crippen molar-refractivity contribution in [3.63, 3.8) is 0 Å². The molecule has 0 saturated carbocycles. The fourth-order valence-electron chi connectivity index (χ4n) is 7.60. The van der Waals surface area contributed by atoms with E-state index in [0.717, 1.165) is 44.6 Å². The van der Waals surface area contributed by atoms with Crippen LogP contribution in [0.4, 0.5) is 0 Å². The van der Waals surface area contributed by atoms with Gasteiger partial charge in [-0.15, -0.1) is 9.36 Å². The summed E-state index contributed by atoms with van der Waals surface area (Å²) in [4.78, 5) is 14.8. The molecule has 1 atom stereocenters. The predicted octanol–water partition coefficient (Wildman–Crippen LogP) is 8.02. The minimum Gasteiger partial charge on any atom is -1.00 e. The molecular weight excluding hydrogens is 811 g/mol. The monoisotopic (exact) mass is 848 g/mol. The van der Waals surface area contributed by atoms with Crippen molar-refractivity contribution in [2.24, 2.45) is 0 Å². The summed E-state index contributed by atoms with van der Waals surface area (Å²) in [5.74, 6) is -0.320. The van der Waals surface area contributed by atoms with Crippen LogP contribution >= 0.6 is 23.2 Å². The molecule has 7 aromatic carbocycles. The second-order valence-corrected chi connectivity index (χ2v) is 14.7. The average molecular weight is 851 g/mol. The quantitative estimate of drug-likeness (QED) is 0.127. The Kier molecular flexibility index (Phi) is 12.4. The number of aromatic nitrogens is 3. The number of hydrogen-bond acceptors (Lipinski definition) is 2. The Balaban J connectivity index is 0.00000496. The second-order valence-electron chi connectivity index (χ2n) is 13.8. The standard InChI is InChI=1S/C49H38Cl2N4O.BrH/c50-42-31-39(32-43(51)33-42)48(56)52-49(40-24-12-4-13-25-40,41-26-14-5-15-27-41)47(30-36-18-6-1-7-19-36)55-35-46(54(53-55)34-37-20-8-2-9-21-37)45-29-17-16-28-44(45)38-22-10-3-11-23-38;/h1-29,31-33,35,47H,30,34H2;1H/t47-;/m0./s1. The lowest BCUT2D eigenvalue weighted by Gasteiger charge is -2.40. The van der Waals surface area contributed by atoms with Crippen LogP contribution in [-0.4, -0.2) is 15.8 Å². The Morgan fingerprint density at radius 2 is 1.09 bits per heavy atom. The minimum absolute atomic E-state index is 0. The maximum Gasteiger partial charge on any atom is 0.252 e. The van der Waals surface area contributed by atoms with Gasteiger partial charge in [-0.2, -0.15) is 0 Å². The van der Waals surface area contributed by atoms with E-state index >= 15 is 0 Å². The molecule has 0 unspecified atom stereocenters. The van der Waals surface area contributed by atoms with Gasteiger partial charge in [-0.1, -0.05) is 193 Å². The third-order valence-electron chi connectivity index (χ3n) is 10.2. The fraction of sp³-hybridized carbons (Fsp3) is 0.0816. The molecule has 0 saturated heterocycles. The zero-order valence-electron chi connectivity index (χ0n) is 30.9. The van der Waals surface area contributed by atoms with Crippen molar-refractivity contribution in [2.75, 3.05) is 0 Å². The molecule has 5 nitrogen and oxygen atoms in total. The Hall–Kier alpha value is -5.79. The summed E-state index contributed by atoms with van der Waals surface area (Å²) in [7, 11) is 0. The van der Waals surface area contributed by atoms with E-state index < -0.39 is 11.6 Å². The first-order valence-corrected chi connectivity index (χ1v) is 19.3. The summed E-state index contributed by atoms with van der Waals surface area (Å²) in [6, 6.07) is 64.4. The molecule has 0 aliphatic rings. The lowest BCUT2D eigenvalue weighted by atomic mass is 9.74. The summed E-state index contributed by atoms with van der Waals surface area (Å²) in [5, 5.41) is 9.82. The van der Waals surface area contributed by atoms with Gasteiger partial charge in [-0.25, -0.2) is 0 Å². The van der Waals surface area contributed by atoms with Crippen molar-refractivity contribution in [3.05, 3.63) is 238 Å². The minimum atomic E-state index is -1.16. The molecule has 0 aliphatic carbocycles. The number of nitrogens with one attached hydrogen (secondary N) is 1. The molecule has 0 radical (unpaired) electrons.